The van der Waals surface area contributed by atoms with Gasteiger partial charge in [0.15, 0.2) is 0 Å². The summed E-state index contributed by atoms with van der Waals surface area (Å²) in [5.41, 5.74) is -0.152. The number of halogens is 1. The summed E-state index contributed by atoms with van der Waals surface area (Å²) in [4.78, 5) is 11.2. The van der Waals surface area contributed by atoms with Crippen LogP contribution in [0, 0.1) is 0 Å². The van der Waals surface area contributed by atoms with Gasteiger partial charge in [0.25, 0.3) is 0 Å². The van der Waals surface area contributed by atoms with Crippen molar-refractivity contribution in [3.8, 4) is 0 Å². The van der Waals surface area contributed by atoms with Gasteiger partial charge in [-0.1, -0.05) is 0 Å². The van der Waals surface area contributed by atoms with E-state index in [1.807, 2.05) is 20.8 Å². The zero-order chi connectivity index (χ0) is 9.19. The largest absolute Gasteiger partial charge is 0.334 e. The van der Waals surface area contributed by atoms with Crippen molar-refractivity contribution < 1.29 is 4.79 Å². The Balaban J connectivity index is 0.00000144. The van der Waals surface area contributed by atoms with Crippen molar-refractivity contribution in [2.75, 3.05) is 13.1 Å². The molecule has 1 fully saturated rings. The van der Waals surface area contributed by atoms with E-state index in [0.29, 0.717) is 6.04 Å². The number of carbonyl (C=O) groups is 1. The number of urea groups is 1. The molecule has 1 aliphatic heterocycles. The first-order valence-electron chi connectivity index (χ1n) is 4.27. The van der Waals surface area contributed by atoms with Gasteiger partial charge in [-0.05, 0) is 20.8 Å². The molecule has 0 atom stereocenters. The standard InChI is InChI=1S/C8H17N3O.ClH/c1-8(2,3)11-7(12)10-6-4-9-5-6;/h6,9H,4-5H2,1-3H3,(H2,10,11,12);1H. The summed E-state index contributed by atoms with van der Waals surface area (Å²) >= 11 is 0. The van der Waals surface area contributed by atoms with Crippen LogP contribution in [0.3, 0.4) is 0 Å². The van der Waals surface area contributed by atoms with E-state index in [4.69, 9.17) is 0 Å². The number of rotatable bonds is 1. The molecule has 0 bridgehead atoms. The highest BCUT2D eigenvalue weighted by Crippen LogP contribution is 1.98. The van der Waals surface area contributed by atoms with Crippen LogP contribution in [0.2, 0.25) is 0 Å². The van der Waals surface area contributed by atoms with E-state index >= 15 is 0 Å². The summed E-state index contributed by atoms with van der Waals surface area (Å²) in [6, 6.07) is 0.237. The van der Waals surface area contributed by atoms with Crippen molar-refractivity contribution in [2.24, 2.45) is 0 Å². The molecule has 1 rings (SSSR count). The Kier molecular flexibility index (Phi) is 4.50. The molecule has 5 heteroatoms. The molecule has 0 aromatic carbocycles. The molecule has 1 heterocycles. The van der Waals surface area contributed by atoms with E-state index in [9.17, 15) is 4.79 Å². The lowest BCUT2D eigenvalue weighted by molar-refractivity contribution is 0.222. The Labute approximate surface area is 85.3 Å². The summed E-state index contributed by atoms with van der Waals surface area (Å²) in [7, 11) is 0. The van der Waals surface area contributed by atoms with Crippen LogP contribution in [0.5, 0.6) is 0 Å². The van der Waals surface area contributed by atoms with Crippen LogP contribution < -0.4 is 16.0 Å². The molecule has 3 N–H and O–H groups in total. The SMILES string of the molecule is CC(C)(C)NC(=O)NC1CNC1.Cl. The van der Waals surface area contributed by atoms with Gasteiger partial charge in [0.2, 0.25) is 0 Å². The molecular weight excluding hydrogens is 190 g/mol. The molecule has 13 heavy (non-hydrogen) atoms. The first kappa shape index (κ1) is 12.5. The molecular formula is C8H18ClN3O. The highest BCUT2D eigenvalue weighted by atomic mass is 35.5. The Morgan fingerprint density at radius 3 is 2.23 bits per heavy atom. The van der Waals surface area contributed by atoms with E-state index in [2.05, 4.69) is 16.0 Å². The molecule has 0 aromatic rings. The second-order valence-electron chi connectivity index (χ2n) is 4.20. The number of hydrogen-bond acceptors (Lipinski definition) is 2. The van der Waals surface area contributed by atoms with Crippen molar-refractivity contribution in [1.29, 1.82) is 0 Å². The molecule has 4 nitrogen and oxygen atoms in total. The Hall–Kier alpha value is -0.480. The predicted octanol–water partition coefficient (Wildman–Crippen LogP) is 0.478. The maximum Gasteiger partial charge on any atom is 0.315 e. The molecule has 0 saturated carbocycles. The Morgan fingerprint density at radius 1 is 1.38 bits per heavy atom. The molecule has 78 valence electrons. The zero-order valence-electron chi connectivity index (χ0n) is 8.31. The van der Waals surface area contributed by atoms with Crippen molar-refractivity contribution in [3.63, 3.8) is 0 Å². The van der Waals surface area contributed by atoms with Crippen molar-refractivity contribution in [3.05, 3.63) is 0 Å². The molecule has 1 aliphatic rings. The van der Waals surface area contributed by atoms with Crippen LogP contribution in [0.15, 0.2) is 0 Å². The highest BCUT2D eigenvalue weighted by molar-refractivity contribution is 5.85. The molecule has 0 unspecified atom stereocenters. The Bertz CT molecular complexity index is 175. The fourth-order valence-electron chi connectivity index (χ4n) is 0.953. The topological polar surface area (TPSA) is 53.2 Å². The smallest absolute Gasteiger partial charge is 0.315 e. The summed E-state index contributed by atoms with van der Waals surface area (Å²) in [6.07, 6.45) is 0. The Morgan fingerprint density at radius 2 is 1.92 bits per heavy atom. The highest BCUT2D eigenvalue weighted by Gasteiger charge is 2.20. The van der Waals surface area contributed by atoms with Gasteiger partial charge >= 0.3 is 6.03 Å². The molecule has 0 aliphatic carbocycles. The maximum atomic E-state index is 11.2. The quantitative estimate of drug-likeness (QED) is 0.586. The van der Waals surface area contributed by atoms with E-state index in [1.54, 1.807) is 0 Å². The lowest BCUT2D eigenvalue weighted by Crippen LogP contribution is -2.60. The minimum Gasteiger partial charge on any atom is -0.334 e. The second kappa shape index (κ2) is 4.67. The van der Waals surface area contributed by atoms with E-state index in [0.717, 1.165) is 13.1 Å². The van der Waals surface area contributed by atoms with Gasteiger partial charge in [0, 0.05) is 18.6 Å². The third-order valence-corrected chi connectivity index (χ3v) is 1.61. The number of hydrogen-bond donors (Lipinski definition) is 3. The van der Waals surface area contributed by atoms with Crippen LogP contribution >= 0.6 is 12.4 Å². The molecule has 1 saturated heterocycles. The predicted molar refractivity (Wildman–Crippen MR) is 55.3 cm³/mol. The first-order valence-corrected chi connectivity index (χ1v) is 4.27. The summed E-state index contributed by atoms with van der Waals surface area (Å²) in [5, 5.41) is 8.79. The minimum absolute atomic E-state index is 0. The van der Waals surface area contributed by atoms with Gasteiger partial charge in [-0.3, -0.25) is 0 Å². The van der Waals surface area contributed by atoms with Gasteiger partial charge in [0.1, 0.15) is 0 Å². The number of amides is 2. The van der Waals surface area contributed by atoms with E-state index in [1.165, 1.54) is 0 Å². The maximum absolute atomic E-state index is 11.2. The number of nitrogens with one attached hydrogen (secondary N) is 3. The lowest BCUT2D eigenvalue weighted by Gasteiger charge is -2.30. The van der Waals surface area contributed by atoms with Gasteiger partial charge in [-0.15, -0.1) is 12.4 Å². The first-order chi connectivity index (χ1) is 5.47. The second-order valence-corrected chi connectivity index (χ2v) is 4.20. The number of carbonyl (C=O) groups excluding carboxylic acids is 1. The van der Waals surface area contributed by atoms with Gasteiger partial charge in [-0.2, -0.15) is 0 Å². The molecule has 0 spiro atoms. The van der Waals surface area contributed by atoms with Crippen molar-refractivity contribution in [1.82, 2.24) is 16.0 Å². The summed E-state index contributed by atoms with van der Waals surface area (Å²) in [5.74, 6) is 0. The zero-order valence-corrected chi connectivity index (χ0v) is 9.12. The summed E-state index contributed by atoms with van der Waals surface area (Å²) < 4.78 is 0. The van der Waals surface area contributed by atoms with Crippen molar-refractivity contribution >= 4 is 18.4 Å². The summed E-state index contributed by atoms with van der Waals surface area (Å²) in [6.45, 7) is 7.66. The van der Waals surface area contributed by atoms with Crippen LogP contribution in [0.1, 0.15) is 20.8 Å². The van der Waals surface area contributed by atoms with Crippen molar-refractivity contribution in [2.45, 2.75) is 32.4 Å². The van der Waals surface area contributed by atoms with Gasteiger partial charge < -0.3 is 16.0 Å². The van der Waals surface area contributed by atoms with E-state index < -0.39 is 0 Å². The monoisotopic (exact) mass is 207 g/mol. The van der Waals surface area contributed by atoms with Gasteiger partial charge in [0.05, 0.1) is 6.04 Å². The minimum atomic E-state index is -0.152. The van der Waals surface area contributed by atoms with Crippen LogP contribution in [0.4, 0.5) is 4.79 Å². The fraction of sp³-hybridized carbons (Fsp3) is 0.875. The van der Waals surface area contributed by atoms with Crippen LogP contribution in [-0.4, -0.2) is 30.7 Å². The third kappa shape index (κ3) is 4.95. The normalized spacial score (nSPS) is 16.8. The molecule has 0 aromatic heterocycles. The van der Waals surface area contributed by atoms with Crippen LogP contribution in [0.25, 0.3) is 0 Å². The third-order valence-electron chi connectivity index (χ3n) is 1.61. The van der Waals surface area contributed by atoms with Crippen LogP contribution in [-0.2, 0) is 0 Å². The average Bonchev–Trinajstić information content (AvgIpc) is 1.74. The lowest BCUT2D eigenvalue weighted by atomic mass is 10.1. The van der Waals surface area contributed by atoms with E-state index in [-0.39, 0.29) is 24.0 Å². The average molecular weight is 208 g/mol. The van der Waals surface area contributed by atoms with Gasteiger partial charge in [-0.25, -0.2) is 4.79 Å². The molecule has 0 radical (unpaired) electrons. The molecule has 2 amide bonds. The fourth-order valence-corrected chi connectivity index (χ4v) is 0.953.